The van der Waals surface area contributed by atoms with E-state index in [9.17, 15) is 39.9 Å². The summed E-state index contributed by atoms with van der Waals surface area (Å²) in [5.41, 5.74) is 7.60. The minimum Gasteiger partial charge on any atom is -0.508 e. The molecule has 2 unspecified atom stereocenters. The molecule has 1 aromatic carbocycles. The van der Waals surface area contributed by atoms with E-state index in [2.05, 4.69) is 0 Å². The molecule has 33 heavy (non-hydrogen) atoms. The van der Waals surface area contributed by atoms with Gasteiger partial charge in [0.15, 0.2) is 11.4 Å². The van der Waals surface area contributed by atoms with E-state index < -0.39 is 75.5 Å². The van der Waals surface area contributed by atoms with E-state index in [0.717, 1.165) is 0 Å². The van der Waals surface area contributed by atoms with Crippen LogP contribution in [0.5, 0.6) is 5.75 Å². The number of nitrogens with zero attached hydrogens (tertiary/aromatic N) is 1. The third-order valence-electron chi connectivity index (χ3n) is 7.06. The number of Topliss-reactive ketones (excluding diaryl/α,β-unsaturated/α-hetero) is 2. The molecular weight excluding hydrogens is 434 g/mol. The Labute approximate surface area is 188 Å². The highest BCUT2D eigenvalue weighted by Crippen LogP contribution is 2.53. The van der Waals surface area contributed by atoms with Crippen LogP contribution in [-0.4, -0.2) is 79.7 Å². The largest absolute Gasteiger partial charge is 0.508 e. The predicted octanol–water partition coefficient (Wildman–Crippen LogP) is -1.17. The number of rotatable bonds is 2. The minimum absolute atomic E-state index is 0.0185. The van der Waals surface area contributed by atoms with Crippen molar-refractivity contribution in [2.45, 2.75) is 31.1 Å². The van der Waals surface area contributed by atoms with Crippen molar-refractivity contribution < 1.29 is 39.9 Å². The van der Waals surface area contributed by atoms with Crippen LogP contribution in [0.15, 0.2) is 23.0 Å². The Morgan fingerprint density at radius 1 is 1.21 bits per heavy atom. The van der Waals surface area contributed by atoms with Crippen molar-refractivity contribution in [2.24, 2.45) is 17.6 Å². The monoisotopic (exact) mass is 459 g/mol. The average Bonchev–Trinajstić information content (AvgIpc) is 2.71. The number of ketones is 2. The number of nitrogen functional groups attached to an aromatic ring is 1. The number of primary amides is 1. The topological polar surface area (TPSA) is 208 Å². The fourth-order valence-electron chi connectivity index (χ4n) is 5.54. The summed E-state index contributed by atoms with van der Waals surface area (Å²) in [6, 6.07) is 0.110. The molecule has 9 N–H and O–H groups in total. The van der Waals surface area contributed by atoms with E-state index in [-0.39, 0.29) is 17.7 Å². The van der Waals surface area contributed by atoms with E-state index in [1.807, 2.05) is 0 Å². The molecule has 0 radical (unpaired) electrons. The van der Waals surface area contributed by atoms with Gasteiger partial charge in [-0.15, -0.1) is 0 Å². The summed E-state index contributed by atoms with van der Waals surface area (Å²) in [7, 11) is 2.90. The van der Waals surface area contributed by atoms with Gasteiger partial charge in [0.1, 0.15) is 22.8 Å². The normalized spacial score (nSPS) is 31.5. The third-order valence-corrected chi connectivity index (χ3v) is 7.06. The lowest BCUT2D eigenvalue weighted by atomic mass is 9.56. The number of hydrogen-bond acceptors (Lipinski definition) is 10. The van der Waals surface area contributed by atoms with Crippen molar-refractivity contribution in [2.75, 3.05) is 19.8 Å². The van der Waals surface area contributed by atoms with Crippen molar-refractivity contribution in [3.8, 4) is 5.75 Å². The Hall–Kier alpha value is -3.41. The smallest absolute Gasteiger partial charge is 0.255 e. The number of fused-ring (bicyclic) bond motifs is 3. The van der Waals surface area contributed by atoms with Gasteiger partial charge in [-0.3, -0.25) is 19.3 Å². The standard InChI is InChI=1S/C22H25N3O8/c1-6-4-9(23)16(27)10-7(6)5-8-11(17(10)28)19(30)22(33)13(15(8)26)14(25(2)3)18(29)12(20(22)31)21(24)32/h4,8,13-15,26-28,31,33H,5,23H2,1-3H3,(H2,24,32)/t8?,13?,14-,15-,22-/m0/s1. The number of benzene rings is 1. The number of hydrogen-bond donors (Lipinski definition) is 7. The molecule has 5 atom stereocenters. The van der Waals surface area contributed by atoms with Gasteiger partial charge in [-0.1, -0.05) is 0 Å². The predicted molar refractivity (Wildman–Crippen MR) is 115 cm³/mol. The first-order valence-corrected chi connectivity index (χ1v) is 10.2. The van der Waals surface area contributed by atoms with Crippen molar-refractivity contribution in [1.82, 2.24) is 4.90 Å². The summed E-state index contributed by atoms with van der Waals surface area (Å²) >= 11 is 0. The molecule has 1 amide bonds. The number of aliphatic hydroxyl groups is 4. The quantitative estimate of drug-likeness (QED) is 0.160. The first kappa shape index (κ1) is 22.8. The van der Waals surface area contributed by atoms with Crippen LogP contribution in [0.4, 0.5) is 5.69 Å². The molecule has 1 saturated carbocycles. The number of likely N-dealkylation sites (N-methyl/N-ethyl adjacent to an activating group) is 1. The molecule has 0 saturated heterocycles. The maximum absolute atomic E-state index is 13.6. The zero-order valence-corrected chi connectivity index (χ0v) is 18.2. The first-order chi connectivity index (χ1) is 15.3. The summed E-state index contributed by atoms with van der Waals surface area (Å²) < 4.78 is 0. The average molecular weight is 459 g/mol. The zero-order chi connectivity index (χ0) is 24.7. The Kier molecular flexibility index (Phi) is 4.86. The number of amides is 1. The summed E-state index contributed by atoms with van der Waals surface area (Å²) in [5.74, 6) is -8.60. The molecule has 0 aliphatic heterocycles. The van der Waals surface area contributed by atoms with Gasteiger partial charge in [-0.05, 0) is 44.6 Å². The van der Waals surface area contributed by atoms with E-state index in [4.69, 9.17) is 11.5 Å². The van der Waals surface area contributed by atoms with E-state index in [1.54, 1.807) is 6.92 Å². The highest BCUT2D eigenvalue weighted by Gasteiger charge is 2.67. The van der Waals surface area contributed by atoms with Gasteiger partial charge in [0.25, 0.3) is 5.91 Å². The molecule has 0 bridgehead atoms. The van der Waals surface area contributed by atoms with Gasteiger partial charge >= 0.3 is 0 Å². The Morgan fingerprint density at radius 3 is 2.36 bits per heavy atom. The van der Waals surface area contributed by atoms with E-state index >= 15 is 0 Å². The molecule has 11 heteroatoms. The number of carbonyl (C=O) groups excluding carboxylic acids is 3. The second-order valence-electron chi connectivity index (χ2n) is 9.03. The van der Waals surface area contributed by atoms with Gasteiger partial charge in [-0.2, -0.15) is 0 Å². The van der Waals surface area contributed by atoms with Crippen LogP contribution < -0.4 is 11.5 Å². The fraction of sp³-hybridized carbons (Fsp3) is 0.409. The molecule has 176 valence electrons. The highest BCUT2D eigenvalue weighted by atomic mass is 16.4. The second-order valence-corrected chi connectivity index (χ2v) is 9.03. The molecule has 4 rings (SSSR count). The second kappa shape index (κ2) is 7.04. The maximum Gasteiger partial charge on any atom is 0.255 e. The highest BCUT2D eigenvalue weighted by molar-refractivity contribution is 6.24. The van der Waals surface area contributed by atoms with E-state index in [1.165, 1.54) is 25.1 Å². The van der Waals surface area contributed by atoms with Crippen LogP contribution >= 0.6 is 0 Å². The number of phenols is 1. The first-order valence-electron chi connectivity index (χ1n) is 10.2. The van der Waals surface area contributed by atoms with Crippen LogP contribution in [0.25, 0.3) is 5.76 Å². The van der Waals surface area contributed by atoms with Gasteiger partial charge in [0.2, 0.25) is 5.78 Å². The molecule has 3 aliphatic rings. The van der Waals surface area contributed by atoms with E-state index in [0.29, 0.717) is 11.1 Å². The number of aryl methyl sites for hydroxylation is 1. The summed E-state index contributed by atoms with van der Waals surface area (Å²) in [4.78, 5) is 39.9. The number of nitrogens with two attached hydrogens (primary N) is 2. The third kappa shape index (κ3) is 2.70. The molecule has 11 nitrogen and oxygen atoms in total. The van der Waals surface area contributed by atoms with Crippen molar-refractivity contribution >= 4 is 28.9 Å². The van der Waals surface area contributed by atoms with Crippen LogP contribution in [0.1, 0.15) is 16.7 Å². The zero-order valence-electron chi connectivity index (χ0n) is 18.2. The molecule has 0 aromatic heterocycles. The molecule has 0 spiro atoms. The minimum atomic E-state index is -2.92. The van der Waals surface area contributed by atoms with Crippen LogP contribution in [0.2, 0.25) is 0 Å². The van der Waals surface area contributed by atoms with Crippen molar-refractivity contribution in [3.63, 3.8) is 0 Å². The van der Waals surface area contributed by atoms with Gasteiger partial charge in [0, 0.05) is 11.5 Å². The number of aliphatic hydroxyl groups excluding tert-OH is 3. The number of anilines is 1. The lowest BCUT2D eigenvalue weighted by Gasteiger charge is -2.52. The number of aromatic hydroxyl groups is 1. The lowest BCUT2D eigenvalue weighted by Crippen LogP contribution is -2.70. The molecule has 1 aromatic rings. The summed E-state index contributed by atoms with van der Waals surface area (Å²) in [5, 5.41) is 55.1. The van der Waals surface area contributed by atoms with Gasteiger partial charge < -0.3 is 37.0 Å². The van der Waals surface area contributed by atoms with Crippen LogP contribution in [-0.2, 0) is 20.8 Å². The summed E-state index contributed by atoms with van der Waals surface area (Å²) in [6.45, 7) is 1.68. The van der Waals surface area contributed by atoms with Crippen LogP contribution in [0.3, 0.4) is 0 Å². The number of phenolic OH excluding ortho intramolecular Hbond substituents is 1. The van der Waals surface area contributed by atoms with Crippen molar-refractivity contribution in [3.05, 3.63) is 39.7 Å². The Bertz CT molecular complexity index is 1200. The van der Waals surface area contributed by atoms with Crippen molar-refractivity contribution in [1.29, 1.82) is 0 Å². The molecule has 1 fully saturated rings. The molecule has 3 aliphatic carbocycles. The maximum atomic E-state index is 13.6. The Balaban J connectivity index is 2.06. The SMILES string of the molecule is Cc1cc(N)c(O)c2c1CC1C(=C2O)C(=O)[C@]2(O)C(O)=C(C(N)=O)C(=O)[C@@H](N(C)C)C2[C@H]1O. The summed E-state index contributed by atoms with van der Waals surface area (Å²) in [6.07, 6.45) is -1.62. The van der Waals surface area contributed by atoms with Gasteiger partial charge in [-0.25, -0.2) is 0 Å². The Morgan fingerprint density at radius 2 is 1.82 bits per heavy atom. The van der Waals surface area contributed by atoms with Gasteiger partial charge in [0.05, 0.1) is 29.3 Å². The molecular formula is C22H25N3O8. The molecule has 0 heterocycles. The van der Waals surface area contributed by atoms with Crippen LogP contribution in [0, 0.1) is 18.8 Å². The number of carbonyl (C=O) groups is 3. The fourth-order valence-corrected chi connectivity index (χ4v) is 5.54. The lowest BCUT2D eigenvalue weighted by molar-refractivity contribution is -0.168.